The summed E-state index contributed by atoms with van der Waals surface area (Å²) in [5.74, 6) is 7.31. The van der Waals surface area contributed by atoms with Crippen LogP contribution in [0.15, 0.2) is 53.2 Å². The molecule has 30 heavy (non-hydrogen) atoms. The van der Waals surface area contributed by atoms with E-state index in [1.54, 1.807) is 11.3 Å². The Morgan fingerprint density at radius 1 is 1.10 bits per heavy atom. The Labute approximate surface area is 187 Å². The lowest BCUT2D eigenvalue weighted by molar-refractivity contribution is 0.209. The van der Waals surface area contributed by atoms with E-state index >= 15 is 0 Å². The van der Waals surface area contributed by atoms with E-state index in [0.29, 0.717) is 6.61 Å². The highest BCUT2D eigenvalue weighted by molar-refractivity contribution is 7.08. The average molecular weight is 425 g/mol. The first-order valence-corrected chi connectivity index (χ1v) is 11.7. The number of nitrogens with zero attached hydrogens (tertiary/aromatic N) is 2. The Hall–Kier alpha value is -2.06. The van der Waals surface area contributed by atoms with Crippen molar-refractivity contribution in [3.63, 3.8) is 0 Å². The van der Waals surface area contributed by atoms with Crippen LogP contribution in [0.1, 0.15) is 27.7 Å². The number of likely N-dealkylation sites (N-methyl/N-ethyl adjacent to an activating group) is 2. The molecular formula is C26H36N2OS. The van der Waals surface area contributed by atoms with Gasteiger partial charge in [0, 0.05) is 31.6 Å². The van der Waals surface area contributed by atoms with Gasteiger partial charge in [0.15, 0.2) is 0 Å². The third kappa shape index (κ3) is 9.63. The minimum absolute atomic E-state index is 0.0603. The minimum Gasteiger partial charge on any atom is -0.492 e. The first-order valence-electron chi connectivity index (χ1n) is 10.7. The summed E-state index contributed by atoms with van der Waals surface area (Å²) in [7, 11) is 2.16. The molecule has 2 rings (SSSR count). The van der Waals surface area contributed by atoms with Gasteiger partial charge in [-0.2, -0.15) is 11.3 Å². The van der Waals surface area contributed by atoms with Gasteiger partial charge in [0.1, 0.15) is 12.4 Å². The third-order valence-electron chi connectivity index (χ3n) is 4.69. The van der Waals surface area contributed by atoms with Crippen LogP contribution in [0.4, 0.5) is 0 Å². The molecule has 1 aromatic carbocycles. The van der Waals surface area contributed by atoms with Crippen molar-refractivity contribution in [2.24, 2.45) is 5.41 Å². The first-order chi connectivity index (χ1) is 14.4. The summed E-state index contributed by atoms with van der Waals surface area (Å²) in [6.45, 7) is 14.2. The van der Waals surface area contributed by atoms with Crippen LogP contribution in [0.5, 0.6) is 5.75 Å². The van der Waals surface area contributed by atoms with Crippen LogP contribution in [-0.4, -0.2) is 56.2 Å². The summed E-state index contributed by atoms with van der Waals surface area (Å²) in [5.41, 5.74) is 2.52. The molecule has 0 N–H and O–H groups in total. The number of ether oxygens (including phenoxy) is 1. The zero-order valence-corrected chi connectivity index (χ0v) is 20.0. The number of allylic oxidation sites excluding steroid dienone is 1. The van der Waals surface area contributed by atoms with Gasteiger partial charge in [0.25, 0.3) is 0 Å². The van der Waals surface area contributed by atoms with E-state index in [-0.39, 0.29) is 5.41 Å². The number of benzene rings is 1. The lowest BCUT2D eigenvalue weighted by atomic mass is 9.98. The van der Waals surface area contributed by atoms with Crippen LogP contribution in [0.25, 0.3) is 11.1 Å². The topological polar surface area (TPSA) is 15.7 Å². The van der Waals surface area contributed by atoms with E-state index in [4.69, 9.17) is 4.74 Å². The smallest absolute Gasteiger partial charge is 0.119 e. The molecule has 0 saturated heterocycles. The van der Waals surface area contributed by atoms with Crippen molar-refractivity contribution in [2.45, 2.75) is 27.7 Å². The van der Waals surface area contributed by atoms with E-state index in [1.165, 1.54) is 11.1 Å². The van der Waals surface area contributed by atoms with Gasteiger partial charge in [-0.1, -0.05) is 37.0 Å². The summed E-state index contributed by atoms with van der Waals surface area (Å²) in [6, 6.07) is 10.5. The molecule has 0 saturated carbocycles. The van der Waals surface area contributed by atoms with Gasteiger partial charge in [-0.3, -0.25) is 4.90 Å². The maximum atomic E-state index is 5.99. The highest BCUT2D eigenvalue weighted by Crippen LogP contribution is 2.25. The molecule has 0 atom stereocenters. The summed E-state index contributed by atoms with van der Waals surface area (Å²) in [6.07, 6.45) is 4.14. The molecule has 0 aliphatic heterocycles. The predicted molar refractivity (Wildman–Crippen MR) is 131 cm³/mol. The van der Waals surface area contributed by atoms with Crippen molar-refractivity contribution >= 4 is 11.3 Å². The predicted octanol–water partition coefficient (Wildman–Crippen LogP) is 5.65. The van der Waals surface area contributed by atoms with Gasteiger partial charge in [0.05, 0.1) is 0 Å². The standard InChI is InChI=1S/C26H36N2OS/c1-6-28(15-9-7-8-14-26(2,3)4)17-16-27(5)18-19-29-25-12-10-11-23(21-25)24-13-20-30-22-24/h7,9-13,20-22H,6,15-19H2,1-5H3/b9-7+. The van der Waals surface area contributed by atoms with Crippen LogP contribution < -0.4 is 4.74 Å². The third-order valence-corrected chi connectivity index (χ3v) is 5.37. The lowest BCUT2D eigenvalue weighted by Gasteiger charge is -2.23. The molecular weight excluding hydrogens is 388 g/mol. The fraction of sp³-hybridized carbons (Fsp3) is 0.462. The second-order valence-corrected chi connectivity index (χ2v) is 9.29. The molecule has 0 unspecified atom stereocenters. The molecule has 162 valence electrons. The fourth-order valence-corrected chi connectivity index (χ4v) is 3.50. The van der Waals surface area contributed by atoms with Gasteiger partial charge < -0.3 is 9.64 Å². The Balaban J connectivity index is 1.69. The van der Waals surface area contributed by atoms with Crippen LogP contribution in [0.2, 0.25) is 0 Å². The Morgan fingerprint density at radius 3 is 2.63 bits per heavy atom. The molecule has 4 heteroatoms. The second kappa shape index (κ2) is 12.6. The largest absolute Gasteiger partial charge is 0.492 e. The minimum atomic E-state index is 0.0603. The molecule has 1 aromatic heterocycles. The van der Waals surface area contributed by atoms with Gasteiger partial charge in [-0.25, -0.2) is 0 Å². The van der Waals surface area contributed by atoms with Crippen LogP contribution >= 0.6 is 11.3 Å². The molecule has 0 bridgehead atoms. The van der Waals surface area contributed by atoms with Crippen molar-refractivity contribution in [1.82, 2.24) is 9.80 Å². The first kappa shape index (κ1) is 24.2. The van der Waals surface area contributed by atoms with Crippen molar-refractivity contribution in [2.75, 3.05) is 46.4 Å². The molecule has 2 aromatic rings. The molecule has 0 radical (unpaired) electrons. The molecule has 0 fully saturated rings. The van der Waals surface area contributed by atoms with Gasteiger partial charge in [-0.05, 0) is 80.5 Å². The SMILES string of the molecule is CCN(C/C=C/C#CC(C)(C)C)CCN(C)CCOc1cccc(-c2ccsc2)c1. The Bertz CT molecular complexity index is 825. The maximum Gasteiger partial charge on any atom is 0.119 e. The summed E-state index contributed by atoms with van der Waals surface area (Å²) < 4.78 is 5.99. The molecule has 0 spiro atoms. The van der Waals surface area contributed by atoms with E-state index in [0.717, 1.165) is 38.5 Å². The quantitative estimate of drug-likeness (QED) is 0.433. The van der Waals surface area contributed by atoms with Crippen LogP contribution in [-0.2, 0) is 0 Å². The number of rotatable bonds is 11. The highest BCUT2D eigenvalue weighted by atomic mass is 32.1. The fourth-order valence-electron chi connectivity index (χ4n) is 2.83. The average Bonchev–Trinajstić information content (AvgIpc) is 3.24. The maximum absolute atomic E-state index is 5.99. The zero-order valence-electron chi connectivity index (χ0n) is 19.1. The molecule has 0 aliphatic carbocycles. The highest BCUT2D eigenvalue weighted by Gasteiger charge is 2.05. The van der Waals surface area contributed by atoms with Crippen LogP contribution in [0, 0.1) is 17.3 Å². The number of hydrogen-bond acceptors (Lipinski definition) is 4. The van der Waals surface area contributed by atoms with E-state index in [1.807, 2.05) is 12.1 Å². The number of hydrogen-bond donors (Lipinski definition) is 0. The lowest BCUT2D eigenvalue weighted by Crippen LogP contribution is -2.35. The molecule has 0 aliphatic rings. The van der Waals surface area contributed by atoms with E-state index in [2.05, 4.69) is 97.5 Å². The van der Waals surface area contributed by atoms with Crippen molar-refractivity contribution in [1.29, 1.82) is 0 Å². The van der Waals surface area contributed by atoms with Crippen molar-refractivity contribution < 1.29 is 4.74 Å². The summed E-state index contributed by atoms with van der Waals surface area (Å²) >= 11 is 1.72. The second-order valence-electron chi connectivity index (χ2n) is 8.51. The molecule has 1 heterocycles. The Morgan fingerprint density at radius 2 is 1.93 bits per heavy atom. The molecule has 0 amide bonds. The summed E-state index contributed by atoms with van der Waals surface area (Å²) in [4.78, 5) is 4.76. The van der Waals surface area contributed by atoms with Crippen molar-refractivity contribution in [3.8, 4) is 28.7 Å². The van der Waals surface area contributed by atoms with Gasteiger partial charge in [0.2, 0.25) is 0 Å². The van der Waals surface area contributed by atoms with Crippen molar-refractivity contribution in [3.05, 3.63) is 53.2 Å². The molecule has 3 nitrogen and oxygen atoms in total. The van der Waals surface area contributed by atoms with E-state index < -0.39 is 0 Å². The summed E-state index contributed by atoms with van der Waals surface area (Å²) in [5, 5.41) is 4.27. The number of thiophene rings is 1. The zero-order chi connectivity index (χ0) is 21.8. The monoisotopic (exact) mass is 424 g/mol. The van der Waals surface area contributed by atoms with Gasteiger partial charge >= 0.3 is 0 Å². The van der Waals surface area contributed by atoms with E-state index in [9.17, 15) is 0 Å². The van der Waals surface area contributed by atoms with Gasteiger partial charge in [-0.15, -0.1) is 0 Å². The normalized spacial score (nSPS) is 11.8. The van der Waals surface area contributed by atoms with Crippen LogP contribution in [0.3, 0.4) is 0 Å². The Kier molecular flexibility index (Phi) is 10.2.